The number of aromatic amines is 1. The van der Waals surface area contributed by atoms with E-state index in [1.165, 1.54) is 28.6 Å². The molecule has 1 fully saturated rings. The zero-order valence-corrected chi connectivity index (χ0v) is 12.4. The third kappa shape index (κ3) is 1.93. The van der Waals surface area contributed by atoms with E-state index in [4.69, 9.17) is 4.74 Å². The second-order valence-electron chi connectivity index (χ2n) is 6.37. The van der Waals surface area contributed by atoms with Gasteiger partial charge in [-0.1, -0.05) is 0 Å². The maximum atomic E-state index is 11.4. The van der Waals surface area contributed by atoms with Crippen molar-refractivity contribution < 1.29 is 9.53 Å². The Labute approximate surface area is 123 Å². The highest BCUT2D eigenvalue weighted by atomic mass is 16.5. The molecule has 0 spiro atoms. The number of carbonyl (C=O) groups is 1. The number of H-pyrrole nitrogens is 1. The number of carbonyl (C=O) groups excluding carboxylic acids is 1. The molecule has 110 valence electrons. The van der Waals surface area contributed by atoms with Gasteiger partial charge in [0, 0.05) is 35.5 Å². The Morgan fingerprint density at radius 2 is 2.24 bits per heavy atom. The van der Waals surface area contributed by atoms with Crippen LogP contribution in [0.2, 0.25) is 0 Å². The first-order chi connectivity index (χ1) is 10.2. The SMILES string of the molecule is COc1ccc2[nH]c3c(c2c1)CC1CC3C[C@H]1NC(C)=O. The number of methoxy groups -OCH3 is 1. The molecule has 2 bridgehead atoms. The van der Waals surface area contributed by atoms with Gasteiger partial charge < -0.3 is 15.0 Å². The van der Waals surface area contributed by atoms with Crippen LogP contribution in [0.1, 0.15) is 36.9 Å². The molecule has 1 saturated carbocycles. The van der Waals surface area contributed by atoms with Crippen LogP contribution in [0.5, 0.6) is 5.75 Å². The maximum Gasteiger partial charge on any atom is 0.217 e. The van der Waals surface area contributed by atoms with Gasteiger partial charge in [0.05, 0.1) is 7.11 Å². The van der Waals surface area contributed by atoms with E-state index in [2.05, 4.69) is 22.4 Å². The molecule has 2 aromatic rings. The zero-order valence-electron chi connectivity index (χ0n) is 12.4. The van der Waals surface area contributed by atoms with Gasteiger partial charge in [0.2, 0.25) is 5.91 Å². The molecule has 0 radical (unpaired) electrons. The number of hydrogen-bond acceptors (Lipinski definition) is 2. The van der Waals surface area contributed by atoms with Crippen LogP contribution < -0.4 is 10.1 Å². The van der Waals surface area contributed by atoms with E-state index in [9.17, 15) is 4.79 Å². The van der Waals surface area contributed by atoms with Gasteiger partial charge in [-0.15, -0.1) is 0 Å². The minimum atomic E-state index is 0.0859. The summed E-state index contributed by atoms with van der Waals surface area (Å²) < 4.78 is 5.35. The van der Waals surface area contributed by atoms with Crippen molar-refractivity contribution in [1.82, 2.24) is 10.3 Å². The number of amides is 1. The minimum Gasteiger partial charge on any atom is -0.497 e. The molecule has 1 aromatic carbocycles. The molecule has 1 aromatic heterocycles. The quantitative estimate of drug-likeness (QED) is 0.891. The van der Waals surface area contributed by atoms with Crippen molar-refractivity contribution in [2.24, 2.45) is 5.92 Å². The molecule has 0 saturated heterocycles. The molecule has 2 N–H and O–H groups in total. The summed E-state index contributed by atoms with van der Waals surface area (Å²) in [6.07, 6.45) is 3.28. The molecule has 2 aliphatic rings. The fourth-order valence-corrected chi connectivity index (χ4v) is 4.23. The predicted octanol–water partition coefficient (Wildman–Crippen LogP) is 2.73. The molecule has 4 rings (SSSR count). The Morgan fingerprint density at radius 3 is 3.00 bits per heavy atom. The Kier molecular flexibility index (Phi) is 2.74. The lowest BCUT2D eigenvalue weighted by atomic mass is 9.86. The van der Waals surface area contributed by atoms with Crippen LogP contribution in [0.3, 0.4) is 0 Å². The molecule has 0 aliphatic heterocycles. The second-order valence-corrected chi connectivity index (χ2v) is 6.37. The first-order valence-corrected chi connectivity index (χ1v) is 7.61. The molecule has 4 heteroatoms. The van der Waals surface area contributed by atoms with Crippen LogP contribution in [0.25, 0.3) is 10.9 Å². The van der Waals surface area contributed by atoms with Gasteiger partial charge in [0.1, 0.15) is 5.75 Å². The van der Waals surface area contributed by atoms with E-state index in [0.29, 0.717) is 17.9 Å². The summed E-state index contributed by atoms with van der Waals surface area (Å²) in [5.41, 5.74) is 4.00. The minimum absolute atomic E-state index is 0.0859. The molecule has 3 atom stereocenters. The van der Waals surface area contributed by atoms with Crippen molar-refractivity contribution in [3.8, 4) is 5.75 Å². The largest absolute Gasteiger partial charge is 0.497 e. The van der Waals surface area contributed by atoms with Crippen molar-refractivity contribution in [2.75, 3.05) is 7.11 Å². The molecule has 2 unspecified atom stereocenters. The number of benzene rings is 1. The highest BCUT2D eigenvalue weighted by Gasteiger charge is 2.41. The van der Waals surface area contributed by atoms with Crippen molar-refractivity contribution in [2.45, 2.75) is 38.1 Å². The van der Waals surface area contributed by atoms with Gasteiger partial charge in [-0.3, -0.25) is 4.79 Å². The lowest BCUT2D eigenvalue weighted by Gasteiger charge is -2.22. The molecule has 1 heterocycles. The van der Waals surface area contributed by atoms with Gasteiger partial charge in [0.15, 0.2) is 0 Å². The van der Waals surface area contributed by atoms with Crippen molar-refractivity contribution >= 4 is 16.8 Å². The van der Waals surface area contributed by atoms with Crippen LogP contribution in [0, 0.1) is 5.92 Å². The number of ether oxygens (including phenoxy) is 1. The first kappa shape index (κ1) is 12.7. The normalized spacial score (nSPS) is 26.7. The lowest BCUT2D eigenvalue weighted by molar-refractivity contribution is -0.119. The topological polar surface area (TPSA) is 54.1 Å². The molecular formula is C17H20N2O2. The van der Waals surface area contributed by atoms with Gasteiger partial charge in [0.25, 0.3) is 0 Å². The fourth-order valence-electron chi connectivity index (χ4n) is 4.23. The third-order valence-electron chi connectivity index (χ3n) is 5.10. The van der Waals surface area contributed by atoms with Crippen molar-refractivity contribution in [1.29, 1.82) is 0 Å². The summed E-state index contributed by atoms with van der Waals surface area (Å²) in [6.45, 7) is 1.61. The predicted molar refractivity (Wildman–Crippen MR) is 81.6 cm³/mol. The van der Waals surface area contributed by atoms with Crippen LogP contribution in [0.15, 0.2) is 18.2 Å². The van der Waals surface area contributed by atoms with E-state index in [-0.39, 0.29) is 5.91 Å². The zero-order chi connectivity index (χ0) is 14.6. The Bertz CT molecular complexity index is 719. The van der Waals surface area contributed by atoms with E-state index in [1.807, 2.05) is 6.07 Å². The van der Waals surface area contributed by atoms with Crippen LogP contribution in [-0.4, -0.2) is 24.0 Å². The standard InChI is InChI=1S/C17H20N2O2/c1-9(20)18-16-7-11-5-10(16)6-14-13-8-12(21-2)3-4-15(13)19-17(11)14/h3-4,8,10-11,16,19H,5-7H2,1-2H3,(H,18,20)/t10?,11?,16-/m1/s1. The summed E-state index contributed by atoms with van der Waals surface area (Å²) in [5.74, 6) is 2.11. The Morgan fingerprint density at radius 1 is 1.38 bits per heavy atom. The molecular weight excluding hydrogens is 264 g/mol. The van der Waals surface area contributed by atoms with Gasteiger partial charge >= 0.3 is 0 Å². The smallest absolute Gasteiger partial charge is 0.217 e. The highest BCUT2D eigenvalue weighted by molar-refractivity contribution is 5.86. The van der Waals surface area contributed by atoms with Crippen molar-refractivity contribution in [3.63, 3.8) is 0 Å². The third-order valence-corrected chi connectivity index (χ3v) is 5.10. The molecule has 4 nitrogen and oxygen atoms in total. The molecule has 1 amide bonds. The summed E-state index contributed by atoms with van der Waals surface area (Å²) in [7, 11) is 1.71. The number of nitrogens with one attached hydrogen (secondary N) is 2. The van der Waals surface area contributed by atoms with Crippen LogP contribution in [0.4, 0.5) is 0 Å². The number of hydrogen-bond donors (Lipinski definition) is 2. The van der Waals surface area contributed by atoms with E-state index in [1.54, 1.807) is 14.0 Å². The van der Waals surface area contributed by atoms with Gasteiger partial charge in [-0.2, -0.15) is 0 Å². The van der Waals surface area contributed by atoms with E-state index in [0.717, 1.165) is 18.6 Å². The second kappa shape index (κ2) is 4.52. The van der Waals surface area contributed by atoms with Gasteiger partial charge in [-0.05, 0) is 48.9 Å². The van der Waals surface area contributed by atoms with Crippen LogP contribution in [-0.2, 0) is 11.2 Å². The summed E-state index contributed by atoms with van der Waals surface area (Å²) >= 11 is 0. The Hall–Kier alpha value is -1.97. The summed E-state index contributed by atoms with van der Waals surface area (Å²) in [5, 5.41) is 4.41. The van der Waals surface area contributed by atoms with E-state index < -0.39 is 0 Å². The average Bonchev–Trinajstić information content (AvgIpc) is 2.99. The lowest BCUT2D eigenvalue weighted by Crippen LogP contribution is -2.36. The number of aromatic nitrogens is 1. The van der Waals surface area contributed by atoms with E-state index >= 15 is 0 Å². The Balaban J connectivity index is 1.74. The maximum absolute atomic E-state index is 11.4. The summed E-state index contributed by atoms with van der Waals surface area (Å²) in [4.78, 5) is 15.0. The number of rotatable bonds is 2. The monoisotopic (exact) mass is 284 g/mol. The van der Waals surface area contributed by atoms with Crippen LogP contribution >= 0.6 is 0 Å². The molecule has 2 aliphatic carbocycles. The first-order valence-electron chi connectivity index (χ1n) is 7.61. The molecule has 21 heavy (non-hydrogen) atoms. The fraction of sp³-hybridized carbons (Fsp3) is 0.471. The van der Waals surface area contributed by atoms with Gasteiger partial charge in [-0.25, -0.2) is 0 Å². The highest BCUT2D eigenvalue weighted by Crippen LogP contribution is 2.48. The van der Waals surface area contributed by atoms with Crippen molar-refractivity contribution in [3.05, 3.63) is 29.5 Å². The average molecular weight is 284 g/mol. The summed E-state index contributed by atoms with van der Waals surface area (Å²) in [6, 6.07) is 6.56. The number of fused-ring (bicyclic) bond motifs is 6.